The van der Waals surface area contributed by atoms with Gasteiger partial charge in [-0.25, -0.2) is 0 Å². The van der Waals surface area contributed by atoms with Crippen molar-refractivity contribution >= 4 is 5.69 Å². The average Bonchev–Trinajstić information content (AvgIpc) is 2.60. The zero-order valence-electron chi connectivity index (χ0n) is 14.8. The molecule has 0 spiro atoms. The average molecular weight is 317 g/mol. The van der Waals surface area contributed by atoms with Gasteiger partial charge in [0.2, 0.25) is 0 Å². The van der Waals surface area contributed by atoms with E-state index >= 15 is 0 Å². The number of nitrogens with zero attached hydrogens (tertiary/aromatic N) is 2. The number of aliphatic hydroxyl groups is 1. The molecule has 1 saturated heterocycles. The summed E-state index contributed by atoms with van der Waals surface area (Å²) in [5.41, 5.74) is 3.81. The number of nitrogens with one attached hydrogen (secondary N) is 1. The van der Waals surface area contributed by atoms with Crippen molar-refractivity contribution in [3.63, 3.8) is 0 Å². The lowest BCUT2D eigenvalue weighted by Crippen LogP contribution is -2.49. The van der Waals surface area contributed by atoms with Gasteiger partial charge in [0, 0.05) is 50.5 Å². The highest BCUT2D eigenvalue weighted by atomic mass is 16.3. The molecule has 128 valence electrons. The van der Waals surface area contributed by atoms with Crippen molar-refractivity contribution in [2.24, 2.45) is 0 Å². The van der Waals surface area contributed by atoms with E-state index in [0.29, 0.717) is 6.04 Å². The van der Waals surface area contributed by atoms with Gasteiger partial charge in [0.1, 0.15) is 0 Å². The van der Waals surface area contributed by atoms with Gasteiger partial charge < -0.3 is 15.3 Å². The normalized spacial score (nSPS) is 22.0. The maximum Gasteiger partial charge on any atom is 0.0943 e. The second-order valence-corrected chi connectivity index (χ2v) is 7.25. The minimum Gasteiger partial charge on any atom is -0.387 e. The van der Waals surface area contributed by atoms with Crippen LogP contribution >= 0.6 is 0 Å². The summed E-state index contributed by atoms with van der Waals surface area (Å²) in [7, 11) is 0. The van der Waals surface area contributed by atoms with Gasteiger partial charge in [0.25, 0.3) is 0 Å². The van der Waals surface area contributed by atoms with Crippen molar-refractivity contribution in [2.75, 3.05) is 37.6 Å². The van der Waals surface area contributed by atoms with Crippen molar-refractivity contribution in [1.82, 2.24) is 10.2 Å². The molecule has 2 unspecified atom stereocenters. The van der Waals surface area contributed by atoms with Gasteiger partial charge in [0.05, 0.1) is 6.10 Å². The standard InChI is InChI=1S/C19H31N3O/c1-14(2)22-10-4-5-16-6-7-17(13-18(16)22)19(23)15(3)21-11-8-20-9-12-21/h6-7,13-15,19-20,23H,4-5,8-12H2,1-3H3. The molecule has 0 aliphatic carbocycles. The Balaban J connectivity index is 1.81. The fourth-order valence-electron chi connectivity index (χ4n) is 3.91. The zero-order valence-corrected chi connectivity index (χ0v) is 14.8. The minimum atomic E-state index is -0.422. The molecule has 1 aromatic rings. The Morgan fingerprint density at radius 1 is 1.09 bits per heavy atom. The molecule has 0 bridgehead atoms. The van der Waals surface area contributed by atoms with Gasteiger partial charge in [-0.2, -0.15) is 0 Å². The van der Waals surface area contributed by atoms with E-state index in [1.165, 1.54) is 17.7 Å². The molecule has 23 heavy (non-hydrogen) atoms. The first kappa shape index (κ1) is 16.7. The summed E-state index contributed by atoms with van der Waals surface area (Å²) in [5.74, 6) is 0. The molecule has 4 nitrogen and oxygen atoms in total. The third kappa shape index (κ3) is 3.54. The maximum atomic E-state index is 10.9. The predicted molar refractivity (Wildman–Crippen MR) is 96.1 cm³/mol. The topological polar surface area (TPSA) is 38.7 Å². The number of benzene rings is 1. The summed E-state index contributed by atoms with van der Waals surface area (Å²) < 4.78 is 0. The molecule has 2 heterocycles. The first-order valence-corrected chi connectivity index (χ1v) is 9.10. The van der Waals surface area contributed by atoms with Crippen LogP contribution in [0.2, 0.25) is 0 Å². The monoisotopic (exact) mass is 317 g/mol. The van der Waals surface area contributed by atoms with Gasteiger partial charge in [-0.3, -0.25) is 4.90 Å². The lowest BCUT2D eigenvalue weighted by atomic mass is 9.94. The van der Waals surface area contributed by atoms with Gasteiger partial charge in [-0.15, -0.1) is 0 Å². The van der Waals surface area contributed by atoms with E-state index in [1.807, 2.05) is 0 Å². The summed E-state index contributed by atoms with van der Waals surface area (Å²) in [4.78, 5) is 4.87. The molecule has 0 aromatic heterocycles. The molecule has 2 N–H and O–H groups in total. The summed E-state index contributed by atoms with van der Waals surface area (Å²) in [6.45, 7) is 11.8. The van der Waals surface area contributed by atoms with Crippen molar-refractivity contribution in [1.29, 1.82) is 0 Å². The van der Waals surface area contributed by atoms with Crippen LogP contribution in [-0.4, -0.2) is 54.8 Å². The Morgan fingerprint density at radius 2 is 1.83 bits per heavy atom. The Bertz CT molecular complexity index is 525. The predicted octanol–water partition coefficient (Wildman–Crippen LogP) is 2.17. The number of piperazine rings is 1. The molecule has 0 amide bonds. The molecular weight excluding hydrogens is 286 g/mol. The number of rotatable bonds is 4. The molecule has 0 saturated carbocycles. The third-order valence-electron chi connectivity index (χ3n) is 5.41. The van der Waals surface area contributed by atoms with Crippen LogP contribution < -0.4 is 10.2 Å². The Labute approximate surface area is 140 Å². The lowest BCUT2D eigenvalue weighted by Gasteiger charge is -2.37. The summed E-state index contributed by atoms with van der Waals surface area (Å²) in [5, 5.41) is 14.3. The van der Waals surface area contributed by atoms with Gasteiger partial charge >= 0.3 is 0 Å². The minimum absolute atomic E-state index is 0.159. The van der Waals surface area contributed by atoms with Gasteiger partial charge in [0.15, 0.2) is 0 Å². The van der Waals surface area contributed by atoms with Crippen LogP contribution in [0.4, 0.5) is 5.69 Å². The van der Waals surface area contributed by atoms with E-state index in [4.69, 9.17) is 0 Å². The Morgan fingerprint density at radius 3 is 2.52 bits per heavy atom. The van der Waals surface area contributed by atoms with Crippen LogP contribution in [0.3, 0.4) is 0 Å². The number of fused-ring (bicyclic) bond motifs is 1. The number of aliphatic hydroxyl groups excluding tert-OH is 1. The van der Waals surface area contributed by atoms with Crippen LogP contribution in [-0.2, 0) is 6.42 Å². The molecule has 3 rings (SSSR count). The smallest absolute Gasteiger partial charge is 0.0943 e. The second kappa shape index (κ2) is 7.20. The number of hydrogen-bond acceptors (Lipinski definition) is 4. The van der Waals surface area contributed by atoms with E-state index < -0.39 is 6.10 Å². The van der Waals surface area contributed by atoms with Crippen molar-refractivity contribution in [3.05, 3.63) is 29.3 Å². The quantitative estimate of drug-likeness (QED) is 0.893. The van der Waals surface area contributed by atoms with Crippen LogP contribution in [0, 0.1) is 0 Å². The van der Waals surface area contributed by atoms with Crippen LogP contribution in [0.15, 0.2) is 18.2 Å². The molecule has 2 atom stereocenters. The highest BCUT2D eigenvalue weighted by Crippen LogP contribution is 2.32. The van der Waals surface area contributed by atoms with Crippen molar-refractivity contribution < 1.29 is 5.11 Å². The van der Waals surface area contributed by atoms with E-state index in [1.54, 1.807) is 0 Å². The van der Waals surface area contributed by atoms with E-state index in [0.717, 1.165) is 44.7 Å². The summed E-state index contributed by atoms with van der Waals surface area (Å²) in [6, 6.07) is 7.26. The highest BCUT2D eigenvalue weighted by Gasteiger charge is 2.26. The van der Waals surface area contributed by atoms with Crippen LogP contribution in [0.1, 0.15) is 44.4 Å². The second-order valence-electron chi connectivity index (χ2n) is 7.25. The molecule has 0 radical (unpaired) electrons. The van der Waals surface area contributed by atoms with Crippen LogP contribution in [0.5, 0.6) is 0 Å². The zero-order chi connectivity index (χ0) is 16.4. The van der Waals surface area contributed by atoms with Crippen LogP contribution in [0.25, 0.3) is 0 Å². The first-order chi connectivity index (χ1) is 11.1. The molecule has 4 heteroatoms. The third-order valence-corrected chi connectivity index (χ3v) is 5.41. The molecular formula is C19H31N3O. The number of hydrogen-bond donors (Lipinski definition) is 2. The first-order valence-electron chi connectivity index (χ1n) is 9.10. The van der Waals surface area contributed by atoms with E-state index in [9.17, 15) is 5.11 Å². The molecule has 2 aliphatic heterocycles. The SMILES string of the molecule is CC(C(O)c1ccc2c(c1)N(C(C)C)CCC2)N1CCNCC1. The highest BCUT2D eigenvalue weighted by molar-refractivity contribution is 5.58. The number of anilines is 1. The van der Waals surface area contributed by atoms with E-state index in [-0.39, 0.29) is 6.04 Å². The summed E-state index contributed by atoms with van der Waals surface area (Å²) in [6.07, 6.45) is 1.96. The Hall–Kier alpha value is -1.10. The fraction of sp³-hybridized carbons (Fsp3) is 0.684. The molecule has 1 aromatic carbocycles. The summed E-state index contributed by atoms with van der Waals surface area (Å²) >= 11 is 0. The fourth-order valence-corrected chi connectivity index (χ4v) is 3.91. The maximum absolute atomic E-state index is 10.9. The van der Waals surface area contributed by atoms with Crippen molar-refractivity contribution in [3.8, 4) is 0 Å². The largest absolute Gasteiger partial charge is 0.387 e. The molecule has 1 fully saturated rings. The van der Waals surface area contributed by atoms with Gasteiger partial charge in [-0.1, -0.05) is 12.1 Å². The van der Waals surface area contributed by atoms with E-state index in [2.05, 4.69) is 54.1 Å². The Kier molecular flexibility index (Phi) is 5.24. The number of aryl methyl sites for hydroxylation is 1. The van der Waals surface area contributed by atoms with Crippen molar-refractivity contribution in [2.45, 2.75) is 51.8 Å². The van der Waals surface area contributed by atoms with Gasteiger partial charge in [-0.05, 0) is 50.8 Å². The molecule has 2 aliphatic rings. The lowest BCUT2D eigenvalue weighted by molar-refractivity contribution is 0.0510.